The fourth-order valence-corrected chi connectivity index (χ4v) is 12.5. The Morgan fingerprint density at radius 1 is 0.481 bits per heavy atom. The Hall–Kier alpha value is -3.10. The molecule has 0 spiro atoms. The van der Waals surface area contributed by atoms with Crippen LogP contribution in [0.3, 0.4) is 0 Å². The first-order valence-corrected chi connectivity index (χ1v) is 22.3. The van der Waals surface area contributed by atoms with Crippen molar-refractivity contribution in [3.63, 3.8) is 0 Å². The molecule has 2 unspecified atom stereocenters. The largest absolute Gasteiger partial charge is 0.338 e. The van der Waals surface area contributed by atoms with Crippen LogP contribution in [-0.4, -0.2) is 60.1 Å². The summed E-state index contributed by atoms with van der Waals surface area (Å²) in [5.41, 5.74) is 6.34. The van der Waals surface area contributed by atoms with E-state index >= 15 is 0 Å². The molecular formula is C46H66N6O2. The van der Waals surface area contributed by atoms with Crippen LogP contribution in [0.5, 0.6) is 0 Å². The predicted octanol–water partition coefficient (Wildman–Crippen LogP) is 9.07. The van der Waals surface area contributed by atoms with E-state index in [9.17, 15) is 9.59 Å². The van der Waals surface area contributed by atoms with Gasteiger partial charge in [0.15, 0.2) is 0 Å². The summed E-state index contributed by atoms with van der Waals surface area (Å²) in [4.78, 5) is 31.4. The van der Waals surface area contributed by atoms with E-state index in [-0.39, 0.29) is 12.1 Å². The molecule has 0 aromatic heterocycles. The monoisotopic (exact) mass is 735 g/mol. The van der Waals surface area contributed by atoms with Gasteiger partial charge < -0.3 is 21.3 Å². The molecule has 4 amide bonds. The van der Waals surface area contributed by atoms with Gasteiger partial charge in [0.05, 0.1) is 0 Å². The first-order valence-electron chi connectivity index (χ1n) is 22.3. The van der Waals surface area contributed by atoms with Crippen molar-refractivity contribution in [1.29, 1.82) is 0 Å². The molecule has 5 fully saturated rings. The van der Waals surface area contributed by atoms with Crippen molar-refractivity contribution in [1.82, 2.24) is 31.1 Å². The topological polar surface area (TPSA) is 88.7 Å². The molecule has 3 aliphatic carbocycles. The van der Waals surface area contributed by atoms with Gasteiger partial charge in [-0.25, -0.2) is 9.59 Å². The predicted molar refractivity (Wildman–Crippen MR) is 215 cm³/mol. The average Bonchev–Trinajstić information content (AvgIpc) is 3.97. The van der Waals surface area contributed by atoms with Crippen molar-refractivity contribution in [2.24, 2.45) is 23.7 Å². The highest BCUT2D eigenvalue weighted by atomic mass is 16.2. The van der Waals surface area contributed by atoms with Gasteiger partial charge in [0.25, 0.3) is 0 Å². The normalized spacial score (nSPS) is 34.3. The molecule has 0 radical (unpaired) electrons. The standard InChI is InChI=1S/C46H66N6O2/c53-45(49-35-16-12-31(13-17-35)24-26-51-41-20-21-42(51)38-9-2-1-8-37(38)41)47-29-33-6-5-7-34(28-33)30-48-46(54)50-36-18-14-32(15-19-36)25-27-52-43-22-23-44(52)40-11-4-3-10-39(40)43/h1-4,8-11,31-36,41-44H,5-7,12-30H2,(H2,47,49,53)(H2,48,50,54)/t31?,32?,33?,34?,35?,36?,41-,42+,43-,44+. The van der Waals surface area contributed by atoms with Gasteiger partial charge in [0, 0.05) is 49.3 Å². The summed E-state index contributed by atoms with van der Waals surface area (Å²) in [5, 5.41) is 13.0. The SMILES string of the molecule is O=C(NCC1CCCC(CNC(=O)NC2CCC(CCN3[C@@H]4CC[C@H]3c3ccccc34)CC2)C1)NC1CCC(CCN2[C@@H]3CC[C@H]2c2ccccc23)CC1. The minimum absolute atomic E-state index is 0.00734. The Kier molecular flexibility index (Phi) is 11.2. The van der Waals surface area contributed by atoms with E-state index in [0.717, 1.165) is 69.9 Å². The van der Waals surface area contributed by atoms with Gasteiger partial charge in [0.2, 0.25) is 0 Å². The Labute approximate surface area is 324 Å². The lowest BCUT2D eigenvalue weighted by Gasteiger charge is -2.32. The van der Waals surface area contributed by atoms with Crippen LogP contribution in [-0.2, 0) is 0 Å². The first-order chi connectivity index (χ1) is 26.6. The zero-order valence-electron chi connectivity index (χ0n) is 32.7. The summed E-state index contributed by atoms with van der Waals surface area (Å²) in [6.07, 6.45) is 21.7. The summed E-state index contributed by atoms with van der Waals surface area (Å²) in [6, 6.07) is 21.4. The lowest BCUT2D eigenvalue weighted by Crippen LogP contribution is -2.46. The first kappa shape index (κ1) is 36.5. The van der Waals surface area contributed by atoms with Crippen molar-refractivity contribution in [2.75, 3.05) is 26.2 Å². The number of nitrogens with zero attached hydrogens (tertiary/aromatic N) is 2. The van der Waals surface area contributed by atoms with E-state index in [2.05, 4.69) is 79.6 Å². The van der Waals surface area contributed by atoms with Crippen molar-refractivity contribution in [3.8, 4) is 0 Å². The lowest BCUT2D eigenvalue weighted by molar-refractivity contribution is 0.184. The molecule has 8 heteroatoms. The highest BCUT2D eigenvalue weighted by molar-refractivity contribution is 5.74. The van der Waals surface area contributed by atoms with Gasteiger partial charge in [-0.15, -0.1) is 0 Å². The number of carbonyl (C=O) groups excluding carboxylic acids is 2. The second-order valence-corrected chi connectivity index (χ2v) is 18.6. The van der Waals surface area contributed by atoms with Crippen LogP contribution in [0, 0.1) is 23.7 Å². The van der Waals surface area contributed by atoms with Gasteiger partial charge in [-0.3, -0.25) is 9.80 Å². The zero-order chi connectivity index (χ0) is 36.4. The summed E-state index contributed by atoms with van der Waals surface area (Å²) < 4.78 is 0. The Balaban J connectivity index is 0.615. The lowest BCUT2D eigenvalue weighted by atomic mass is 9.81. The van der Waals surface area contributed by atoms with Crippen LogP contribution in [0.4, 0.5) is 9.59 Å². The van der Waals surface area contributed by atoms with Crippen LogP contribution in [0.1, 0.15) is 162 Å². The molecule has 3 saturated carbocycles. The summed E-state index contributed by atoms with van der Waals surface area (Å²) >= 11 is 0. The molecule has 6 atom stereocenters. The molecule has 7 aliphatic rings. The maximum absolute atomic E-state index is 12.9. The summed E-state index contributed by atoms with van der Waals surface area (Å²) in [5.74, 6) is 2.54. The minimum atomic E-state index is 0.00734. The van der Waals surface area contributed by atoms with Crippen molar-refractivity contribution in [2.45, 2.75) is 152 Å². The number of urea groups is 2. The summed E-state index contributed by atoms with van der Waals surface area (Å²) in [7, 11) is 0. The number of nitrogens with one attached hydrogen (secondary N) is 4. The number of hydrogen-bond donors (Lipinski definition) is 4. The van der Waals surface area contributed by atoms with Crippen molar-refractivity contribution in [3.05, 3.63) is 70.8 Å². The molecule has 4 bridgehead atoms. The quantitative estimate of drug-likeness (QED) is 0.175. The molecule has 4 N–H and O–H groups in total. The van der Waals surface area contributed by atoms with Gasteiger partial charge >= 0.3 is 12.1 Å². The van der Waals surface area contributed by atoms with Crippen LogP contribution >= 0.6 is 0 Å². The third kappa shape index (κ3) is 7.94. The second kappa shape index (κ2) is 16.6. The van der Waals surface area contributed by atoms with Gasteiger partial charge in [-0.1, -0.05) is 55.0 Å². The van der Waals surface area contributed by atoms with Crippen LogP contribution < -0.4 is 21.3 Å². The molecule has 4 heterocycles. The van der Waals surface area contributed by atoms with Gasteiger partial charge in [0.1, 0.15) is 0 Å². The minimum Gasteiger partial charge on any atom is -0.338 e. The molecule has 9 rings (SSSR count). The third-order valence-corrected chi connectivity index (χ3v) is 15.4. The molecule has 292 valence electrons. The number of benzene rings is 2. The van der Waals surface area contributed by atoms with Gasteiger partial charge in [-0.2, -0.15) is 0 Å². The molecule has 2 saturated heterocycles. The van der Waals surface area contributed by atoms with E-state index in [1.807, 2.05) is 0 Å². The van der Waals surface area contributed by atoms with E-state index in [1.54, 1.807) is 22.3 Å². The van der Waals surface area contributed by atoms with Crippen molar-refractivity contribution >= 4 is 12.1 Å². The highest BCUT2D eigenvalue weighted by Gasteiger charge is 2.44. The Morgan fingerprint density at radius 2 is 0.852 bits per heavy atom. The molecular weight excluding hydrogens is 669 g/mol. The molecule has 54 heavy (non-hydrogen) atoms. The number of hydrogen-bond acceptors (Lipinski definition) is 4. The molecule has 2 aromatic carbocycles. The van der Waals surface area contributed by atoms with Crippen LogP contribution in [0.15, 0.2) is 48.5 Å². The molecule has 2 aromatic rings. The molecule has 8 nitrogen and oxygen atoms in total. The number of fused-ring (bicyclic) bond motifs is 10. The second-order valence-electron chi connectivity index (χ2n) is 18.6. The zero-order valence-corrected chi connectivity index (χ0v) is 32.7. The van der Waals surface area contributed by atoms with E-state index in [0.29, 0.717) is 48.1 Å². The van der Waals surface area contributed by atoms with Crippen LogP contribution in [0.25, 0.3) is 0 Å². The highest BCUT2D eigenvalue weighted by Crippen LogP contribution is 2.54. The fraction of sp³-hybridized carbons (Fsp3) is 0.696. The van der Waals surface area contributed by atoms with Crippen LogP contribution in [0.2, 0.25) is 0 Å². The third-order valence-electron chi connectivity index (χ3n) is 15.4. The summed E-state index contributed by atoms with van der Waals surface area (Å²) in [6.45, 7) is 3.90. The number of carbonyl (C=O) groups is 2. The van der Waals surface area contributed by atoms with Gasteiger partial charge in [-0.05, 0) is 168 Å². The Morgan fingerprint density at radius 3 is 1.22 bits per heavy atom. The fourth-order valence-electron chi connectivity index (χ4n) is 12.5. The van der Waals surface area contributed by atoms with E-state index in [4.69, 9.17) is 0 Å². The van der Waals surface area contributed by atoms with Crippen molar-refractivity contribution < 1.29 is 9.59 Å². The number of amides is 4. The molecule has 4 aliphatic heterocycles. The Bertz CT molecular complexity index is 1420. The van der Waals surface area contributed by atoms with E-state index in [1.165, 1.54) is 83.7 Å². The smallest absolute Gasteiger partial charge is 0.315 e. The average molecular weight is 735 g/mol. The van der Waals surface area contributed by atoms with E-state index < -0.39 is 0 Å². The number of rotatable bonds is 12. The maximum Gasteiger partial charge on any atom is 0.315 e. The maximum atomic E-state index is 12.9.